The lowest BCUT2D eigenvalue weighted by atomic mass is 9.96. The van der Waals surface area contributed by atoms with Crippen molar-refractivity contribution in [3.63, 3.8) is 0 Å². The average Bonchev–Trinajstić information content (AvgIpc) is 4.08. The number of para-hydroxylation sites is 3. The Morgan fingerprint density at radius 2 is 0.846 bits per heavy atom. The molecule has 4 heterocycles. The standard InChI is InChI=1S/C58H36N6S/c1-5-18-37(19-6-1)40-34-41(38-20-7-2-8-21-38)36-42(35-40)55-60-56(48-28-17-29-49-54(48)65-57(59-49)39-22-9-3-10-23-39)62-58(61-55)64-51-31-16-14-27-45(51)47-33-32-46-44-26-13-15-30-50(44)63(52(46)53(47)64)43-24-11-4-12-25-43/h1-36H. The van der Waals surface area contributed by atoms with Crippen LogP contribution in [0.25, 0.3) is 121 Å². The predicted octanol–water partition coefficient (Wildman–Crippen LogP) is 15.0. The van der Waals surface area contributed by atoms with Gasteiger partial charge in [0.15, 0.2) is 11.6 Å². The Morgan fingerprint density at radius 1 is 0.338 bits per heavy atom. The van der Waals surface area contributed by atoms with Crippen molar-refractivity contribution in [3.8, 4) is 67.2 Å². The minimum absolute atomic E-state index is 0.532. The number of rotatable bonds is 7. The van der Waals surface area contributed by atoms with E-state index in [9.17, 15) is 0 Å². The molecule has 65 heavy (non-hydrogen) atoms. The predicted molar refractivity (Wildman–Crippen MR) is 269 cm³/mol. The SMILES string of the molecule is c1ccc(-c2cc(-c3ccccc3)cc(-c3nc(-c4cccc5nc(-c6ccccc6)sc45)nc(-n4c5ccccc5c5ccc6c7ccccc7n(-c7ccccc7)c6c54)n3)c2)cc1. The van der Waals surface area contributed by atoms with Gasteiger partial charge in [-0.25, -0.2) is 9.97 Å². The van der Waals surface area contributed by atoms with E-state index in [4.69, 9.17) is 19.9 Å². The maximum Gasteiger partial charge on any atom is 0.238 e. The van der Waals surface area contributed by atoms with E-state index in [1.807, 2.05) is 6.07 Å². The maximum atomic E-state index is 5.56. The molecule has 4 aromatic heterocycles. The van der Waals surface area contributed by atoms with Crippen LogP contribution in [0.5, 0.6) is 0 Å². The van der Waals surface area contributed by atoms with Crippen LogP contribution in [0.3, 0.4) is 0 Å². The fraction of sp³-hybridized carbons (Fsp3) is 0. The van der Waals surface area contributed by atoms with Crippen molar-refractivity contribution in [1.29, 1.82) is 0 Å². The first-order chi connectivity index (χ1) is 32.2. The highest BCUT2D eigenvalue weighted by Gasteiger charge is 2.24. The van der Waals surface area contributed by atoms with E-state index >= 15 is 0 Å². The van der Waals surface area contributed by atoms with Gasteiger partial charge in [0.2, 0.25) is 5.95 Å². The summed E-state index contributed by atoms with van der Waals surface area (Å²) < 4.78 is 5.68. The lowest BCUT2D eigenvalue weighted by Gasteiger charge is -2.14. The van der Waals surface area contributed by atoms with Gasteiger partial charge in [0.25, 0.3) is 0 Å². The Morgan fingerprint density at radius 3 is 1.48 bits per heavy atom. The van der Waals surface area contributed by atoms with Crippen LogP contribution in [-0.4, -0.2) is 29.1 Å². The highest BCUT2D eigenvalue weighted by Crippen LogP contribution is 2.43. The molecule has 0 saturated carbocycles. The first kappa shape index (κ1) is 37.1. The minimum atomic E-state index is 0.532. The van der Waals surface area contributed by atoms with E-state index in [2.05, 4.69) is 221 Å². The molecule has 0 unspecified atom stereocenters. The van der Waals surface area contributed by atoms with Gasteiger partial charge < -0.3 is 4.57 Å². The molecule has 7 heteroatoms. The molecule has 0 spiro atoms. The molecular weight excluding hydrogens is 813 g/mol. The smallest absolute Gasteiger partial charge is 0.238 e. The number of benzene rings is 9. The second-order valence-electron chi connectivity index (χ2n) is 16.3. The monoisotopic (exact) mass is 848 g/mol. The molecule has 0 aliphatic carbocycles. The third kappa shape index (κ3) is 6.16. The number of thiazole rings is 1. The van der Waals surface area contributed by atoms with Gasteiger partial charge in [0, 0.05) is 43.9 Å². The first-order valence-corrected chi connectivity index (χ1v) is 22.5. The van der Waals surface area contributed by atoms with E-state index in [0.717, 1.165) is 98.1 Å². The number of aromatic nitrogens is 6. The Kier molecular flexibility index (Phi) is 8.60. The third-order valence-electron chi connectivity index (χ3n) is 12.4. The second-order valence-corrected chi connectivity index (χ2v) is 17.3. The Bertz CT molecular complexity index is 3870. The molecule has 13 aromatic rings. The molecule has 0 amide bonds. The molecule has 0 aliphatic rings. The third-order valence-corrected chi connectivity index (χ3v) is 13.5. The molecule has 0 radical (unpaired) electrons. The molecule has 304 valence electrons. The van der Waals surface area contributed by atoms with Crippen LogP contribution in [-0.2, 0) is 0 Å². The van der Waals surface area contributed by atoms with Gasteiger partial charge in [-0.1, -0.05) is 164 Å². The van der Waals surface area contributed by atoms with Crippen molar-refractivity contribution in [2.24, 2.45) is 0 Å². The lowest BCUT2D eigenvalue weighted by Crippen LogP contribution is -2.07. The Hall–Kier alpha value is -8.52. The summed E-state index contributed by atoms with van der Waals surface area (Å²) in [6.07, 6.45) is 0. The van der Waals surface area contributed by atoms with Crippen molar-refractivity contribution in [1.82, 2.24) is 29.1 Å². The summed E-state index contributed by atoms with van der Waals surface area (Å²) in [5.74, 6) is 1.68. The first-order valence-electron chi connectivity index (χ1n) is 21.7. The quantitative estimate of drug-likeness (QED) is 0.160. The van der Waals surface area contributed by atoms with Crippen molar-refractivity contribution >= 4 is 65.2 Å². The zero-order valence-electron chi connectivity index (χ0n) is 34.9. The van der Waals surface area contributed by atoms with Crippen LogP contribution in [0.1, 0.15) is 0 Å². The Labute approximate surface area is 378 Å². The van der Waals surface area contributed by atoms with Crippen molar-refractivity contribution in [2.45, 2.75) is 0 Å². The summed E-state index contributed by atoms with van der Waals surface area (Å²) in [5, 5.41) is 5.52. The fourth-order valence-electron chi connectivity index (χ4n) is 9.45. The second kappa shape index (κ2) is 15.1. The zero-order valence-corrected chi connectivity index (χ0v) is 35.7. The summed E-state index contributed by atoms with van der Waals surface area (Å²) >= 11 is 1.66. The van der Waals surface area contributed by atoms with Gasteiger partial charge in [0.05, 0.1) is 32.3 Å². The van der Waals surface area contributed by atoms with Gasteiger partial charge in [0.1, 0.15) is 5.01 Å². The fourth-order valence-corrected chi connectivity index (χ4v) is 10.5. The van der Waals surface area contributed by atoms with Crippen molar-refractivity contribution < 1.29 is 0 Å². The van der Waals surface area contributed by atoms with E-state index in [1.54, 1.807) is 11.3 Å². The van der Waals surface area contributed by atoms with Crippen LogP contribution in [0.15, 0.2) is 218 Å². The number of hydrogen-bond donors (Lipinski definition) is 0. The van der Waals surface area contributed by atoms with E-state index in [1.165, 1.54) is 5.39 Å². The summed E-state index contributed by atoms with van der Waals surface area (Å²) in [5.41, 5.74) is 13.5. The minimum Gasteiger partial charge on any atom is -0.307 e. The maximum absolute atomic E-state index is 5.56. The highest BCUT2D eigenvalue weighted by molar-refractivity contribution is 7.22. The van der Waals surface area contributed by atoms with Gasteiger partial charge >= 0.3 is 0 Å². The molecule has 0 N–H and O–H groups in total. The van der Waals surface area contributed by atoms with Crippen LogP contribution in [0, 0.1) is 0 Å². The summed E-state index contributed by atoms with van der Waals surface area (Å²) in [6, 6.07) is 76.8. The lowest BCUT2D eigenvalue weighted by molar-refractivity contribution is 0.954. The summed E-state index contributed by atoms with van der Waals surface area (Å²) in [4.78, 5) is 21.7. The normalized spacial score (nSPS) is 11.7. The number of hydrogen-bond acceptors (Lipinski definition) is 5. The van der Waals surface area contributed by atoms with Gasteiger partial charge in [-0.05, 0) is 76.9 Å². The molecule has 13 rings (SSSR count). The largest absolute Gasteiger partial charge is 0.307 e. The Balaban J connectivity index is 1.15. The van der Waals surface area contributed by atoms with E-state index in [-0.39, 0.29) is 0 Å². The van der Waals surface area contributed by atoms with Crippen molar-refractivity contribution in [2.75, 3.05) is 0 Å². The van der Waals surface area contributed by atoms with E-state index in [0.29, 0.717) is 17.6 Å². The summed E-state index contributed by atoms with van der Waals surface area (Å²) in [7, 11) is 0. The van der Waals surface area contributed by atoms with Gasteiger partial charge in [-0.3, -0.25) is 4.57 Å². The molecule has 0 fully saturated rings. The van der Waals surface area contributed by atoms with Gasteiger partial charge in [-0.15, -0.1) is 11.3 Å². The zero-order chi connectivity index (χ0) is 42.8. The molecule has 0 aliphatic heterocycles. The molecule has 0 atom stereocenters. The van der Waals surface area contributed by atoms with Crippen LogP contribution in [0.2, 0.25) is 0 Å². The molecular formula is C58H36N6S. The number of fused-ring (bicyclic) bond motifs is 8. The number of nitrogens with zero attached hydrogens (tertiary/aromatic N) is 6. The molecule has 6 nitrogen and oxygen atoms in total. The van der Waals surface area contributed by atoms with Crippen LogP contribution >= 0.6 is 11.3 Å². The molecule has 0 saturated heterocycles. The van der Waals surface area contributed by atoms with Crippen molar-refractivity contribution in [3.05, 3.63) is 218 Å². The van der Waals surface area contributed by atoms with E-state index < -0.39 is 0 Å². The van der Waals surface area contributed by atoms with Crippen LogP contribution in [0.4, 0.5) is 0 Å². The molecule has 0 bridgehead atoms. The summed E-state index contributed by atoms with van der Waals surface area (Å²) in [6.45, 7) is 0. The van der Waals surface area contributed by atoms with Crippen LogP contribution < -0.4 is 0 Å². The average molecular weight is 849 g/mol. The topological polar surface area (TPSA) is 61.4 Å². The van der Waals surface area contributed by atoms with Gasteiger partial charge in [-0.2, -0.15) is 9.97 Å². The highest BCUT2D eigenvalue weighted by atomic mass is 32.1. The molecule has 9 aromatic carbocycles.